The fourth-order valence-corrected chi connectivity index (χ4v) is 2.16. The highest BCUT2D eigenvalue weighted by atomic mass is 16.6. The minimum absolute atomic E-state index is 0.00392. The largest absolute Gasteiger partial charge is 0.396 e. The number of hydrogen-bond acceptors (Lipinski definition) is 6. The molecule has 1 aromatic heterocycles. The van der Waals surface area contributed by atoms with Crippen molar-refractivity contribution in [2.45, 2.75) is 52.3 Å². The molecule has 1 atom stereocenters. The van der Waals surface area contributed by atoms with E-state index in [9.17, 15) is 15.2 Å². The molecule has 3 N–H and O–H groups in total. The SMILES string of the molecule is Cc1nn(CC(O)CNC(C)(C)CCO)c(C)c1[N+](=O)[O-]. The summed E-state index contributed by atoms with van der Waals surface area (Å²) in [7, 11) is 0. The number of nitrogens with one attached hydrogen (secondary N) is 1. The Hall–Kier alpha value is -1.51. The molecule has 0 aliphatic heterocycles. The molecule has 0 fully saturated rings. The molecule has 8 heteroatoms. The monoisotopic (exact) mass is 300 g/mol. The molecular formula is C13H24N4O4. The molecule has 120 valence electrons. The smallest absolute Gasteiger partial charge is 0.312 e. The maximum absolute atomic E-state index is 10.9. The number of β-amino-alcohol motifs (C(OH)–C–C–N with tert-alkyl or cyclic N) is 1. The van der Waals surface area contributed by atoms with Crippen LogP contribution in [-0.2, 0) is 6.54 Å². The Morgan fingerprint density at radius 1 is 1.48 bits per heavy atom. The molecule has 1 unspecified atom stereocenters. The van der Waals surface area contributed by atoms with Crippen molar-refractivity contribution < 1.29 is 15.1 Å². The maximum atomic E-state index is 10.9. The summed E-state index contributed by atoms with van der Waals surface area (Å²) in [4.78, 5) is 10.5. The van der Waals surface area contributed by atoms with Crippen molar-refractivity contribution in [3.05, 3.63) is 21.5 Å². The standard InChI is InChI=1S/C13H24N4O4/c1-9-12(17(20)21)10(2)16(15-9)8-11(19)7-14-13(3,4)5-6-18/h11,14,18-19H,5-8H2,1-4H3. The van der Waals surface area contributed by atoms with E-state index in [0.29, 0.717) is 24.4 Å². The summed E-state index contributed by atoms with van der Waals surface area (Å²) in [5, 5.41) is 37.2. The molecule has 0 aliphatic rings. The van der Waals surface area contributed by atoms with E-state index >= 15 is 0 Å². The first kappa shape index (κ1) is 17.5. The first-order valence-electron chi connectivity index (χ1n) is 6.90. The van der Waals surface area contributed by atoms with Crippen molar-refractivity contribution in [2.24, 2.45) is 0 Å². The molecule has 0 aliphatic carbocycles. The minimum Gasteiger partial charge on any atom is -0.396 e. The van der Waals surface area contributed by atoms with E-state index in [0.717, 1.165) is 0 Å². The third-order valence-electron chi connectivity index (χ3n) is 3.46. The first-order valence-corrected chi connectivity index (χ1v) is 6.90. The summed E-state index contributed by atoms with van der Waals surface area (Å²) >= 11 is 0. The van der Waals surface area contributed by atoms with E-state index < -0.39 is 11.0 Å². The Morgan fingerprint density at radius 3 is 2.57 bits per heavy atom. The van der Waals surface area contributed by atoms with Crippen LogP contribution in [0.4, 0.5) is 5.69 Å². The third-order valence-corrected chi connectivity index (χ3v) is 3.46. The number of rotatable bonds is 8. The van der Waals surface area contributed by atoms with Crippen LogP contribution >= 0.6 is 0 Å². The van der Waals surface area contributed by atoms with Gasteiger partial charge in [-0.2, -0.15) is 5.10 Å². The molecule has 1 rings (SSSR count). The summed E-state index contributed by atoms with van der Waals surface area (Å²) < 4.78 is 1.46. The second-order valence-electron chi connectivity index (χ2n) is 5.85. The fraction of sp³-hybridized carbons (Fsp3) is 0.769. The van der Waals surface area contributed by atoms with Crippen LogP contribution in [0.3, 0.4) is 0 Å². The fourth-order valence-electron chi connectivity index (χ4n) is 2.16. The van der Waals surface area contributed by atoms with Crippen molar-refractivity contribution in [2.75, 3.05) is 13.2 Å². The summed E-state index contributed by atoms with van der Waals surface area (Å²) in [5.74, 6) is 0. The van der Waals surface area contributed by atoms with Crippen LogP contribution in [0, 0.1) is 24.0 Å². The second kappa shape index (κ2) is 6.97. The molecule has 0 saturated heterocycles. The van der Waals surface area contributed by atoms with Crippen molar-refractivity contribution in [1.82, 2.24) is 15.1 Å². The Bertz CT molecular complexity index is 499. The molecule has 0 bridgehead atoms. The Morgan fingerprint density at radius 2 is 2.10 bits per heavy atom. The minimum atomic E-state index is -0.722. The lowest BCUT2D eigenvalue weighted by molar-refractivity contribution is -0.386. The topological polar surface area (TPSA) is 113 Å². The molecule has 0 saturated carbocycles. The van der Waals surface area contributed by atoms with Crippen LogP contribution in [0.1, 0.15) is 31.7 Å². The Kier molecular flexibility index (Phi) is 5.82. The number of hydrogen-bond donors (Lipinski definition) is 3. The summed E-state index contributed by atoms with van der Waals surface area (Å²) in [6.45, 7) is 7.64. The zero-order valence-electron chi connectivity index (χ0n) is 13.0. The second-order valence-corrected chi connectivity index (χ2v) is 5.85. The van der Waals surface area contributed by atoms with E-state index in [1.165, 1.54) is 4.68 Å². The lowest BCUT2D eigenvalue weighted by Gasteiger charge is -2.27. The van der Waals surface area contributed by atoms with Crippen LogP contribution in [0.5, 0.6) is 0 Å². The van der Waals surface area contributed by atoms with E-state index in [-0.39, 0.29) is 24.4 Å². The average Bonchev–Trinajstić information content (AvgIpc) is 2.62. The van der Waals surface area contributed by atoms with E-state index in [1.807, 2.05) is 13.8 Å². The van der Waals surface area contributed by atoms with E-state index in [4.69, 9.17) is 5.11 Å². The molecule has 0 radical (unpaired) electrons. The summed E-state index contributed by atoms with van der Waals surface area (Å²) in [6, 6.07) is 0. The number of nitro groups is 1. The zero-order chi connectivity index (χ0) is 16.2. The van der Waals surface area contributed by atoms with Crippen LogP contribution in [0.15, 0.2) is 0 Å². The molecule has 1 aromatic rings. The van der Waals surface area contributed by atoms with Crippen molar-refractivity contribution in [1.29, 1.82) is 0 Å². The van der Waals surface area contributed by atoms with Gasteiger partial charge in [0, 0.05) is 18.7 Å². The average molecular weight is 300 g/mol. The highest BCUT2D eigenvalue weighted by molar-refractivity contribution is 5.39. The molecule has 1 heterocycles. The number of aliphatic hydroxyl groups is 2. The van der Waals surface area contributed by atoms with Gasteiger partial charge < -0.3 is 15.5 Å². The Balaban J connectivity index is 2.66. The highest BCUT2D eigenvalue weighted by Gasteiger charge is 2.23. The van der Waals surface area contributed by atoms with Crippen LogP contribution in [0.25, 0.3) is 0 Å². The number of aryl methyl sites for hydroxylation is 1. The van der Waals surface area contributed by atoms with E-state index in [2.05, 4.69) is 10.4 Å². The van der Waals surface area contributed by atoms with Crippen molar-refractivity contribution >= 4 is 5.69 Å². The van der Waals surface area contributed by atoms with Crippen LogP contribution in [0.2, 0.25) is 0 Å². The molecule has 21 heavy (non-hydrogen) atoms. The summed E-state index contributed by atoms with van der Waals surface area (Å²) in [6.07, 6.45) is -0.147. The summed E-state index contributed by atoms with van der Waals surface area (Å²) in [5.41, 5.74) is 0.497. The molecule has 0 amide bonds. The van der Waals surface area contributed by atoms with Gasteiger partial charge in [0.1, 0.15) is 11.4 Å². The van der Waals surface area contributed by atoms with Gasteiger partial charge in [-0.05, 0) is 34.1 Å². The number of aliphatic hydroxyl groups excluding tert-OH is 2. The van der Waals surface area contributed by atoms with Crippen molar-refractivity contribution in [3.63, 3.8) is 0 Å². The van der Waals surface area contributed by atoms with Gasteiger partial charge >= 0.3 is 5.69 Å². The van der Waals surface area contributed by atoms with Gasteiger partial charge in [0.15, 0.2) is 0 Å². The van der Waals surface area contributed by atoms with Gasteiger partial charge in [0.2, 0.25) is 0 Å². The van der Waals surface area contributed by atoms with Gasteiger partial charge in [-0.3, -0.25) is 14.8 Å². The van der Waals surface area contributed by atoms with Crippen LogP contribution < -0.4 is 5.32 Å². The lowest BCUT2D eigenvalue weighted by atomic mass is 10.0. The van der Waals surface area contributed by atoms with Gasteiger partial charge in [0.05, 0.1) is 17.6 Å². The van der Waals surface area contributed by atoms with Gasteiger partial charge in [0.25, 0.3) is 0 Å². The van der Waals surface area contributed by atoms with Gasteiger partial charge in [-0.1, -0.05) is 0 Å². The number of aromatic nitrogens is 2. The van der Waals surface area contributed by atoms with E-state index in [1.54, 1.807) is 13.8 Å². The molecule has 8 nitrogen and oxygen atoms in total. The Labute approximate surface area is 123 Å². The first-order chi connectivity index (χ1) is 9.68. The maximum Gasteiger partial charge on any atom is 0.312 e. The predicted molar refractivity (Wildman–Crippen MR) is 78.1 cm³/mol. The van der Waals surface area contributed by atoms with Gasteiger partial charge in [-0.15, -0.1) is 0 Å². The van der Waals surface area contributed by atoms with Crippen molar-refractivity contribution in [3.8, 4) is 0 Å². The molecular weight excluding hydrogens is 276 g/mol. The number of nitrogens with zero attached hydrogens (tertiary/aromatic N) is 3. The molecule has 0 spiro atoms. The third kappa shape index (κ3) is 4.76. The quantitative estimate of drug-likeness (QED) is 0.476. The zero-order valence-corrected chi connectivity index (χ0v) is 13.0. The predicted octanol–water partition coefficient (Wildman–Crippen LogP) is 0.520. The van der Waals surface area contributed by atoms with Gasteiger partial charge in [-0.25, -0.2) is 0 Å². The lowest BCUT2D eigenvalue weighted by Crippen LogP contribution is -2.45. The highest BCUT2D eigenvalue weighted by Crippen LogP contribution is 2.21. The normalized spacial score (nSPS) is 13.4. The van der Waals surface area contributed by atoms with Crippen LogP contribution in [-0.4, -0.2) is 49.7 Å². The molecule has 0 aromatic carbocycles.